The SMILES string of the molecule is COc1cc(F)c(C(N)C(N)=O)cc1F. The zero-order valence-electron chi connectivity index (χ0n) is 7.96. The van der Waals surface area contributed by atoms with Crippen LogP contribution < -0.4 is 16.2 Å². The molecule has 15 heavy (non-hydrogen) atoms. The van der Waals surface area contributed by atoms with Gasteiger partial charge >= 0.3 is 0 Å². The van der Waals surface area contributed by atoms with Crippen molar-refractivity contribution < 1.29 is 18.3 Å². The number of rotatable bonds is 3. The molecule has 0 saturated heterocycles. The van der Waals surface area contributed by atoms with Crippen LogP contribution in [0.4, 0.5) is 8.78 Å². The van der Waals surface area contributed by atoms with E-state index in [9.17, 15) is 13.6 Å². The van der Waals surface area contributed by atoms with Crippen molar-refractivity contribution in [2.75, 3.05) is 7.11 Å². The molecular formula is C9H10F2N2O2. The van der Waals surface area contributed by atoms with Gasteiger partial charge in [-0.25, -0.2) is 8.78 Å². The zero-order valence-corrected chi connectivity index (χ0v) is 7.96. The fourth-order valence-corrected chi connectivity index (χ4v) is 1.09. The third kappa shape index (κ3) is 2.21. The summed E-state index contributed by atoms with van der Waals surface area (Å²) >= 11 is 0. The maximum Gasteiger partial charge on any atom is 0.239 e. The maximum atomic E-state index is 13.3. The van der Waals surface area contributed by atoms with Crippen LogP contribution in [0.25, 0.3) is 0 Å². The average molecular weight is 216 g/mol. The molecule has 1 aromatic carbocycles. The minimum atomic E-state index is -1.37. The van der Waals surface area contributed by atoms with Crippen molar-refractivity contribution in [1.82, 2.24) is 0 Å². The van der Waals surface area contributed by atoms with Gasteiger partial charge in [0.2, 0.25) is 5.91 Å². The highest BCUT2D eigenvalue weighted by Crippen LogP contribution is 2.24. The standard InChI is InChI=1S/C9H10F2N2O2/c1-15-7-3-5(10)4(2-6(7)11)8(12)9(13)14/h2-3,8H,12H2,1H3,(H2,13,14). The number of ether oxygens (including phenoxy) is 1. The zero-order chi connectivity index (χ0) is 11.6. The van der Waals surface area contributed by atoms with Crippen molar-refractivity contribution in [2.45, 2.75) is 6.04 Å². The van der Waals surface area contributed by atoms with Crippen LogP contribution in [0.2, 0.25) is 0 Å². The molecule has 0 aliphatic carbocycles. The topological polar surface area (TPSA) is 78.3 Å². The highest BCUT2D eigenvalue weighted by molar-refractivity contribution is 5.81. The van der Waals surface area contributed by atoms with E-state index < -0.39 is 23.6 Å². The minimum Gasteiger partial charge on any atom is -0.494 e. The number of primary amides is 1. The van der Waals surface area contributed by atoms with Crippen LogP contribution in [0.15, 0.2) is 12.1 Å². The summed E-state index contributed by atoms with van der Waals surface area (Å²) in [5.41, 5.74) is 9.86. The molecule has 1 unspecified atom stereocenters. The Morgan fingerprint density at radius 2 is 2.00 bits per heavy atom. The molecule has 0 bridgehead atoms. The number of benzene rings is 1. The summed E-state index contributed by atoms with van der Waals surface area (Å²) in [7, 11) is 1.20. The van der Waals surface area contributed by atoms with E-state index in [-0.39, 0.29) is 11.3 Å². The molecule has 1 atom stereocenters. The molecule has 0 saturated carbocycles. The van der Waals surface area contributed by atoms with Crippen LogP contribution in [0.3, 0.4) is 0 Å². The summed E-state index contributed by atoms with van der Waals surface area (Å²) in [6.07, 6.45) is 0. The smallest absolute Gasteiger partial charge is 0.239 e. The van der Waals surface area contributed by atoms with Gasteiger partial charge in [0.1, 0.15) is 11.9 Å². The van der Waals surface area contributed by atoms with E-state index in [1.807, 2.05) is 0 Å². The Hall–Kier alpha value is -1.69. The van der Waals surface area contributed by atoms with Gasteiger partial charge in [0, 0.05) is 11.6 Å². The quantitative estimate of drug-likeness (QED) is 0.770. The molecule has 0 aliphatic heterocycles. The Labute approximate surface area is 84.8 Å². The number of hydrogen-bond donors (Lipinski definition) is 2. The molecule has 0 fully saturated rings. The fraction of sp³-hybridized carbons (Fsp3) is 0.222. The lowest BCUT2D eigenvalue weighted by Crippen LogP contribution is -2.29. The first-order chi connectivity index (χ1) is 6.97. The molecule has 0 spiro atoms. The van der Waals surface area contributed by atoms with Crippen LogP contribution in [0, 0.1) is 11.6 Å². The summed E-state index contributed by atoms with van der Waals surface area (Å²) in [5, 5.41) is 0. The molecule has 4 N–H and O–H groups in total. The second-order valence-corrected chi connectivity index (χ2v) is 2.89. The summed E-state index contributed by atoms with van der Waals surface area (Å²) < 4.78 is 31.0. The second-order valence-electron chi connectivity index (χ2n) is 2.89. The Morgan fingerprint density at radius 1 is 1.40 bits per heavy atom. The summed E-state index contributed by atoms with van der Waals surface area (Å²) in [4.78, 5) is 10.7. The van der Waals surface area contributed by atoms with Crippen molar-refractivity contribution in [3.63, 3.8) is 0 Å². The number of methoxy groups -OCH3 is 1. The third-order valence-corrected chi connectivity index (χ3v) is 1.91. The van der Waals surface area contributed by atoms with Gasteiger partial charge in [-0.05, 0) is 6.07 Å². The lowest BCUT2D eigenvalue weighted by Gasteiger charge is -2.10. The molecule has 4 nitrogen and oxygen atoms in total. The van der Waals surface area contributed by atoms with Gasteiger partial charge < -0.3 is 16.2 Å². The van der Waals surface area contributed by atoms with Crippen molar-refractivity contribution in [3.8, 4) is 5.75 Å². The minimum absolute atomic E-state index is 0.257. The van der Waals surface area contributed by atoms with Gasteiger partial charge in [-0.3, -0.25) is 4.79 Å². The summed E-state index contributed by atoms with van der Waals surface area (Å²) in [5.74, 6) is -2.82. The van der Waals surface area contributed by atoms with E-state index in [2.05, 4.69) is 4.74 Å². The van der Waals surface area contributed by atoms with Crippen LogP contribution in [0.1, 0.15) is 11.6 Å². The van der Waals surface area contributed by atoms with Gasteiger partial charge in [-0.15, -0.1) is 0 Å². The summed E-state index contributed by atoms with van der Waals surface area (Å²) in [6.45, 7) is 0. The van der Waals surface area contributed by atoms with E-state index in [0.717, 1.165) is 12.1 Å². The normalized spacial score (nSPS) is 12.3. The number of amides is 1. The van der Waals surface area contributed by atoms with Gasteiger partial charge in [-0.2, -0.15) is 0 Å². The van der Waals surface area contributed by atoms with Crippen LogP contribution in [-0.4, -0.2) is 13.0 Å². The molecule has 1 rings (SSSR count). The fourth-order valence-electron chi connectivity index (χ4n) is 1.09. The Balaban J connectivity index is 3.21. The predicted molar refractivity (Wildman–Crippen MR) is 49.0 cm³/mol. The van der Waals surface area contributed by atoms with E-state index in [1.54, 1.807) is 0 Å². The number of hydrogen-bond acceptors (Lipinski definition) is 3. The Bertz CT molecular complexity index is 396. The lowest BCUT2D eigenvalue weighted by molar-refractivity contribution is -0.119. The average Bonchev–Trinajstić information content (AvgIpc) is 2.19. The van der Waals surface area contributed by atoms with Crippen LogP contribution in [-0.2, 0) is 4.79 Å². The highest BCUT2D eigenvalue weighted by atomic mass is 19.1. The van der Waals surface area contributed by atoms with Gasteiger partial charge in [0.25, 0.3) is 0 Å². The predicted octanol–water partition coefficient (Wildman–Crippen LogP) is 0.459. The molecule has 82 valence electrons. The third-order valence-electron chi connectivity index (χ3n) is 1.91. The van der Waals surface area contributed by atoms with Crippen molar-refractivity contribution in [3.05, 3.63) is 29.3 Å². The second kappa shape index (κ2) is 4.22. The molecule has 0 heterocycles. The monoisotopic (exact) mass is 216 g/mol. The van der Waals surface area contributed by atoms with E-state index in [1.165, 1.54) is 7.11 Å². The van der Waals surface area contributed by atoms with Gasteiger partial charge in [0.05, 0.1) is 7.11 Å². The summed E-state index contributed by atoms with van der Waals surface area (Å²) in [6, 6.07) is 0.238. The Kier molecular flexibility index (Phi) is 3.21. The number of nitrogens with two attached hydrogens (primary N) is 2. The van der Waals surface area contributed by atoms with Gasteiger partial charge in [-0.1, -0.05) is 0 Å². The maximum absolute atomic E-state index is 13.3. The van der Waals surface area contributed by atoms with E-state index in [0.29, 0.717) is 0 Å². The number of carbonyl (C=O) groups excluding carboxylic acids is 1. The number of carbonyl (C=O) groups is 1. The van der Waals surface area contributed by atoms with E-state index >= 15 is 0 Å². The van der Waals surface area contributed by atoms with E-state index in [4.69, 9.17) is 11.5 Å². The Morgan fingerprint density at radius 3 is 2.47 bits per heavy atom. The first kappa shape index (κ1) is 11.4. The van der Waals surface area contributed by atoms with Crippen molar-refractivity contribution in [2.24, 2.45) is 11.5 Å². The first-order valence-electron chi connectivity index (χ1n) is 4.05. The lowest BCUT2D eigenvalue weighted by atomic mass is 10.1. The van der Waals surface area contributed by atoms with Gasteiger partial charge in [0.15, 0.2) is 11.6 Å². The number of halogens is 2. The van der Waals surface area contributed by atoms with Crippen LogP contribution in [0.5, 0.6) is 5.75 Å². The molecule has 6 heteroatoms. The molecular weight excluding hydrogens is 206 g/mol. The largest absolute Gasteiger partial charge is 0.494 e. The first-order valence-corrected chi connectivity index (χ1v) is 4.05. The van der Waals surface area contributed by atoms with Crippen molar-refractivity contribution in [1.29, 1.82) is 0 Å². The molecule has 1 amide bonds. The highest BCUT2D eigenvalue weighted by Gasteiger charge is 2.19. The molecule has 1 aromatic rings. The molecule has 0 aromatic heterocycles. The molecule has 0 radical (unpaired) electrons. The van der Waals surface area contributed by atoms with Crippen molar-refractivity contribution >= 4 is 5.91 Å². The molecule has 0 aliphatic rings. The van der Waals surface area contributed by atoms with Crippen LogP contribution >= 0.6 is 0 Å².